The van der Waals surface area contributed by atoms with Crippen molar-refractivity contribution in [3.8, 4) is 0 Å². The van der Waals surface area contributed by atoms with Crippen molar-refractivity contribution < 1.29 is 4.79 Å². The van der Waals surface area contributed by atoms with E-state index in [9.17, 15) is 4.79 Å². The van der Waals surface area contributed by atoms with E-state index in [1.165, 1.54) is 11.3 Å². The van der Waals surface area contributed by atoms with Crippen molar-refractivity contribution in [3.63, 3.8) is 0 Å². The van der Waals surface area contributed by atoms with Crippen LogP contribution in [0.15, 0.2) is 66.0 Å². The van der Waals surface area contributed by atoms with Gasteiger partial charge < -0.3 is 10.6 Å². The molecule has 2 aromatic carbocycles. The Bertz CT molecular complexity index is 771. The summed E-state index contributed by atoms with van der Waals surface area (Å²) in [4.78, 5) is 19.0. The number of hydrogen-bond acceptors (Lipinski definition) is 4. The lowest BCUT2D eigenvalue weighted by Crippen LogP contribution is -2.30. The van der Waals surface area contributed by atoms with E-state index in [0.717, 1.165) is 16.3 Å². The normalized spacial score (nSPS) is 10.5. The number of para-hydroxylation sites is 1. The quantitative estimate of drug-likeness (QED) is 0.782. The van der Waals surface area contributed by atoms with Gasteiger partial charge in [0.15, 0.2) is 0 Å². The molecule has 0 saturated heterocycles. The molecule has 116 valence electrons. The molecule has 2 N–H and O–H groups in total. The lowest BCUT2D eigenvalue weighted by atomic mass is 10.2. The van der Waals surface area contributed by atoms with Crippen LogP contribution in [-0.4, -0.2) is 10.9 Å². The molecular formula is C18H17N3OS. The molecule has 0 bridgehead atoms. The highest BCUT2D eigenvalue weighted by molar-refractivity contribution is 7.09. The zero-order valence-corrected chi connectivity index (χ0v) is 13.4. The van der Waals surface area contributed by atoms with Crippen molar-refractivity contribution in [2.75, 3.05) is 4.90 Å². The first-order chi connectivity index (χ1) is 11.3. The Labute approximate surface area is 139 Å². The molecule has 1 amide bonds. The zero-order chi connectivity index (χ0) is 16.1. The standard InChI is InChI=1S/C18H17N3OS/c19-11-17-20-16(13-23-17)18(22)21(15-9-5-2-6-10-15)12-14-7-3-1-4-8-14/h1-10,13H,11-12,19H2. The topological polar surface area (TPSA) is 59.2 Å². The lowest BCUT2D eigenvalue weighted by Gasteiger charge is -2.22. The van der Waals surface area contributed by atoms with Gasteiger partial charge in [0.25, 0.3) is 5.91 Å². The summed E-state index contributed by atoms with van der Waals surface area (Å²) in [5.74, 6) is -0.115. The van der Waals surface area contributed by atoms with Crippen molar-refractivity contribution in [3.05, 3.63) is 82.3 Å². The second-order valence-electron chi connectivity index (χ2n) is 5.04. The highest BCUT2D eigenvalue weighted by Gasteiger charge is 2.20. The van der Waals surface area contributed by atoms with Crippen LogP contribution in [-0.2, 0) is 13.1 Å². The van der Waals surface area contributed by atoms with Crippen molar-refractivity contribution in [2.45, 2.75) is 13.1 Å². The highest BCUT2D eigenvalue weighted by Crippen LogP contribution is 2.21. The Balaban J connectivity index is 1.93. The molecule has 4 nitrogen and oxygen atoms in total. The summed E-state index contributed by atoms with van der Waals surface area (Å²) in [5, 5.41) is 2.53. The third-order valence-electron chi connectivity index (χ3n) is 3.44. The monoisotopic (exact) mass is 323 g/mol. The van der Waals surface area contributed by atoms with Crippen LogP contribution in [0.4, 0.5) is 5.69 Å². The number of amides is 1. The molecule has 0 spiro atoms. The fraction of sp³-hybridized carbons (Fsp3) is 0.111. The summed E-state index contributed by atoms with van der Waals surface area (Å²) >= 11 is 1.41. The molecule has 23 heavy (non-hydrogen) atoms. The van der Waals surface area contributed by atoms with Crippen molar-refractivity contribution in [1.29, 1.82) is 0 Å². The first kappa shape index (κ1) is 15.4. The van der Waals surface area contributed by atoms with Gasteiger partial charge in [-0.05, 0) is 17.7 Å². The van der Waals surface area contributed by atoms with Gasteiger partial charge in [0.05, 0.1) is 6.54 Å². The highest BCUT2D eigenvalue weighted by atomic mass is 32.1. The SMILES string of the molecule is NCc1nc(C(=O)N(Cc2ccccc2)c2ccccc2)cs1. The van der Waals surface area contributed by atoms with E-state index >= 15 is 0 Å². The second-order valence-corrected chi connectivity index (χ2v) is 5.99. The molecule has 3 aromatic rings. The molecule has 0 radical (unpaired) electrons. The van der Waals surface area contributed by atoms with Gasteiger partial charge in [-0.15, -0.1) is 11.3 Å². The first-order valence-electron chi connectivity index (χ1n) is 7.33. The molecule has 0 atom stereocenters. The van der Waals surface area contributed by atoms with E-state index in [1.807, 2.05) is 60.7 Å². The van der Waals surface area contributed by atoms with Crippen LogP contribution in [0.1, 0.15) is 21.1 Å². The average Bonchev–Trinajstić information content (AvgIpc) is 3.10. The van der Waals surface area contributed by atoms with Crippen LogP contribution < -0.4 is 10.6 Å². The number of carbonyl (C=O) groups excluding carboxylic acids is 1. The summed E-state index contributed by atoms with van der Waals surface area (Å²) in [6, 6.07) is 19.6. The molecule has 5 heteroatoms. The van der Waals surface area contributed by atoms with Crippen LogP contribution in [0.5, 0.6) is 0 Å². The molecule has 0 aliphatic carbocycles. The molecule has 0 saturated carbocycles. The van der Waals surface area contributed by atoms with Gasteiger partial charge in [0.2, 0.25) is 0 Å². The van der Waals surface area contributed by atoms with Crippen LogP contribution >= 0.6 is 11.3 Å². The van der Waals surface area contributed by atoms with Gasteiger partial charge in [-0.2, -0.15) is 0 Å². The van der Waals surface area contributed by atoms with Gasteiger partial charge >= 0.3 is 0 Å². The Morgan fingerprint density at radius 2 is 1.70 bits per heavy atom. The average molecular weight is 323 g/mol. The van der Waals surface area contributed by atoms with Crippen LogP contribution in [0, 0.1) is 0 Å². The van der Waals surface area contributed by atoms with Gasteiger partial charge in [-0.1, -0.05) is 48.5 Å². The number of carbonyl (C=O) groups is 1. The third kappa shape index (κ3) is 3.64. The maximum atomic E-state index is 12.9. The summed E-state index contributed by atoms with van der Waals surface area (Å²) in [6.45, 7) is 0.848. The van der Waals surface area contributed by atoms with Crippen LogP contribution in [0.2, 0.25) is 0 Å². The van der Waals surface area contributed by atoms with E-state index < -0.39 is 0 Å². The minimum atomic E-state index is -0.115. The largest absolute Gasteiger partial charge is 0.325 e. The molecule has 3 rings (SSSR count). The Kier molecular flexibility index (Phi) is 4.80. The Morgan fingerprint density at radius 1 is 1.04 bits per heavy atom. The Morgan fingerprint density at radius 3 is 2.30 bits per heavy atom. The number of nitrogens with zero attached hydrogens (tertiary/aromatic N) is 2. The molecule has 1 heterocycles. The van der Waals surface area contributed by atoms with Crippen LogP contribution in [0.25, 0.3) is 0 Å². The molecule has 0 aliphatic heterocycles. The minimum Gasteiger partial charge on any atom is -0.325 e. The van der Waals surface area contributed by atoms with E-state index in [4.69, 9.17) is 5.73 Å². The third-order valence-corrected chi connectivity index (χ3v) is 4.31. The number of nitrogens with two attached hydrogens (primary N) is 1. The predicted octanol–water partition coefficient (Wildman–Crippen LogP) is 3.45. The summed E-state index contributed by atoms with van der Waals surface area (Å²) < 4.78 is 0. The van der Waals surface area contributed by atoms with Gasteiger partial charge in [0.1, 0.15) is 10.7 Å². The number of aromatic nitrogens is 1. The molecule has 0 aliphatic rings. The maximum absolute atomic E-state index is 12.9. The van der Waals surface area contributed by atoms with Gasteiger partial charge in [-0.3, -0.25) is 4.79 Å². The predicted molar refractivity (Wildman–Crippen MR) is 93.4 cm³/mol. The maximum Gasteiger partial charge on any atom is 0.278 e. The summed E-state index contributed by atoms with van der Waals surface area (Å²) in [7, 11) is 0. The smallest absolute Gasteiger partial charge is 0.278 e. The lowest BCUT2D eigenvalue weighted by molar-refractivity contribution is 0.0981. The van der Waals surface area contributed by atoms with E-state index in [-0.39, 0.29) is 5.91 Å². The van der Waals surface area contributed by atoms with E-state index in [1.54, 1.807) is 10.3 Å². The summed E-state index contributed by atoms with van der Waals surface area (Å²) in [6.07, 6.45) is 0. The van der Waals surface area contributed by atoms with Gasteiger partial charge in [-0.25, -0.2) is 4.98 Å². The van der Waals surface area contributed by atoms with E-state index in [2.05, 4.69) is 4.98 Å². The van der Waals surface area contributed by atoms with E-state index in [0.29, 0.717) is 18.8 Å². The molecule has 0 unspecified atom stereocenters. The number of hydrogen-bond donors (Lipinski definition) is 1. The second kappa shape index (κ2) is 7.17. The number of rotatable bonds is 5. The number of thiazole rings is 1. The Hall–Kier alpha value is -2.50. The molecule has 1 aromatic heterocycles. The zero-order valence-electron chi connectivity index (χ0n) is 12.6. The van der Waals surface area contributed by atoms with Crippen molar-refractivity contribution in [2.24, 2.45) is 5.73 Å². The molecule has 0 fully saturated rings. The van der Waals surface area contributed by atoms with Gasteiger partial charge in [0, 0.05) is 17.6 Å². The fourth-order valence-electron chi connectivity index (χ4n) is 2.30. The first-order valence-corrected chi connectivity index (χ1v) is 8.21. The fourth-order valence-corrected chi connectivity index (χ4v) is 2.94. The van der Waals surface area contributed by atoms with Crippen molar-refractivity contribution in [1.82, 2.24) is 4.98 Å². The minimum absolute atomic E-state index is 0.115. The van der Waals surface area contributed by atoms with Crippen LogP contribution in [0.3, 0.4) is 0 Å². The summed E-state index contributed by atoms with van der Waals surface area (Å²) in [5.41, 5.74) is 7.96. The number of anilines is 1. The number of benzene rings is 2. The van der Waals surface area contributed by atoms with Crippen molar-refractivity contribution >= 4 is 22.9 Å². The molecular weight excluding hydrogens is 306 g/mol.